The molecule has 21 heavy (non-hydrogen) atoms. The van der Waals surface area contributed by atoms with Gasteiger partial charge in [0.25, 0.3) is 5.91 Å². The van der Waals surface area contributed by atoms with Crippen LogP contribution in [0.5, 0.6) is 0 Å². The number of hydrogen-bond donors (Lipinski definition) is 2. The Labute approximate surface area is 126 Å². The lowest BCUT2D eigenvalue weighted by atomic mass is 10.1. The van der Waals surface area contributed by atoms with Crippen LogP contribution in [0.3, 0.4) is 0 Å². The summed E-state index contributed by atoms with van der Waals surface area (Å²) in [6.45, 7) is 5.63. The van der Waals surface area contributed by atoms with E-state index in [2.05, 4.69) is 12.2 Å². The molecule has 2 unspecified atom stereocenters. The van der Waals surface area contributed by atoms with Gasteiger partial charge < -0.3 is 5.32 Å². The molecule has 5 nitrogen and oxygen atoms in total. The van der Waals surface area contributed by atoms with Crippen molar-refractivity contribution in [2.75, 3.05) is 0 Å². The van der Waals surface area contributed by atoms with E-state index in [0.717, 1.165) is 24.8 Å². The summed E-state index contributed by atoms with van der Waals surface area (Å²) in [6, 6.07) is 3.25. The van der Waals surface area contributed by atoms with Gasteiger partial charge in [-0.2, -0.15) is 0 Å². The van der Waals surface area contributed by atoms with Crippen molar-refractivity contribution in [1.29, 1.82) is 0 Å². The number of carbonyl (C=O) groups excluding carboxylic acids is 1. The smallest absolute Gasteiger partial charge is 0.251 e. The third-order valence-corrected chi connectivity index (χ3v) is 5.26. The number of carbonyl (C=O) groups is 1. The number of nitrogens with one attached hydrogen (secondary N) is 1. The number of nitrogens with two attached hydrogens (primary N) is 1. The predicted octanol–water partition coefficient (Wildman–Crippen LogP) is 1.87. The van der Waals surface area contributed by atoms with Gasteiger partial charge in [-0.05, 0) is 62.3 Å². The molecule has 3 N–H and O–H groups in total. The van der Waals surface area contributed by atoms with Crippen LogP contribution in [-0.2, 0) is 10.0 Å². The van der Waals surface area contributed by atoms with Gasteiger partial charge in [0.05, 0.1) is 4.90 Å². The van der Waals surface area contributed by atoms with Crippen LogP contribution in [0, 0.1) is 19.8 Å². The maximum absolute atomic E-state index is 12.3. The highest BCUT2D eigenvalue weighted by Crippen LogP contribution is 2.25. The van der Waals surface area contributed by atoms with Crippen LogP contribution in [0.1, 0.15) is 47.7 Å². The van der Waals surface area contributed by atoms with Crippen molar-refractivity contribution in [3.63, 3.8) is 0 Å². The van der Waals surface area contributed by atoms with Crippen LogP contribution >= 0.6 is 0 Å². The lowest BCUT2D eigenvalue weighted by molar-refractivity contribution is 0.0937. The van der Waals surface area contributed by atoms with Gasteiger partial charge in [-0.25, -0.2) is 13.6 Å². The molecule has 2 atom stereocenters. The first-order chi connectivity index (χ1) is 9.68. The highest BCUT2D eigenvalue weighted by atomic mass is 32.2. The van der Waals surface area contributed by atoms with Gasteiger partial charge in [-0.15, -0.1) is 0 Å². The van der Waals surface area contributed by atoms with E-state index in [4.69, 9.17) is 5.14 Å². The van der Waals surface area contributed by atoms with Gasteiger partial charge in [0.15, 0.2) is 0 Å². The van der Waals surface area contributed by atoms with Crippen molar-refractivity contribution < 1.29 is 13.2 Å². The number of benzene rings is 1. The van der Waals surface area contributed by atoms with Crippen molar-refractivity contribution in [2.45, 2.75) is 51.0 Å². The molecule has 0 saturated heterocycles. The lowest BCUT2D eigenvalue weighted by Crippen LogP contribution is -2.33. The molecular formula is C15H22N2O3S. The molecule has 2 rings (SSSR count). The Kier molecular flexibility index (Phi) is 4.39. The predicted molar refractivity (Wildman–Crippen MR) is 81.6 cm³/mol. The second-order valence-corrected chi connectivity index (χ2v) is 7.58. The van der Waals surface area contributed by atoms with Crippen LogP contribution in [0.4, 0.5) is 0 Å². The molecule has 0 spiro atoms. The van der Waals surface area contributed by atoms with E-state index in [0.29, 0.717) is 17.0 Å². The molecule has 0 aliphatic heterocycles. The summed E-state index contributed by atoms with van der Waals surface area (Å²) in [4.78, 5) is 12.3. The lowest BCUT2D eigenvalue weighted by Gasteiger charge is -2.14. The summed E-state index contributed by atoms with van der Waals surface area (Å²) >= 11 is 0. The molecule has 1 aromatic carbocycles. The quantitative estimate of drug-likeness (QED) is 0.893. The monoisotopic (exact) mass is 310 g/mol. The zero-order valence-electron chi connectivity index (χ0n) is 12.6. The van der Waals surface area contributed by atoms with Gasteiger partial charge in [0, 0.05) is 11.6 Å². The fourth-order valence-electron chi connectivity index (χ4n) is 2.86. The molecular weight excluding hydrogens is 288 g/mol. The van der Waals surface area contributed by atoms with Crippen molar-refractivity contribution in [3.05, 3.63) is 28.8 Å². The topological polar surface area (TPSA) is 89.3 Å². The molecule has 0 bridgehead atoms. The minimum atomic E-state index is -3.83. The number of rotatable bonds is 3. The molecule has 1 fully saturated rings. The second-order valence-electron chi connectivity index (χ2n) is 6.05. The van der Waals surface area contributed by atoms with Crippen molar-refractivity contribution in [3.8, 4) is 0 Å². The third-order valence-electron chi connectivity index (χ3n) is 4.22. The van der Waals surface area contributed by atoms with Crippen molar-refractivity contribution in [2.24, 2.45) is 11.1 Å². The summed E-state index contributed by atoms with van der Waals surface area (Å²) in [5, 5.41) is 8.19. The highest BCUT2D eigenvalue weighted by molar-refractivity contribution is 7.89. The highest BCUT2D eigenvalue weighted by Gasteiger charge is 2.24. The summed E-state index contributed by atoms with van der Waals surface area (Å²) < 4.78 is 23.2. The number of hydrogen-bond acceptors (Lipinski definition) is 3. The van der Waals surface area contributed by atoms with E-state index in [-0.39, 0.29) is 16.8 Å². The minimum Gasteiger partial charge on any atom is -0.349 e. The van der Waals surface area contributed by atoms with Gasteiger partial charge in [-0.1, -0.05) is 6.92 Å². The first-order valence-electron chi connectivity index (χ1n) is 7.13. The van der Waals surface area contributed by atoms with E-state index in [1.807, 2.05) is 0 Å². The molecule has 6 heteroatoms. The normalized spacial score (nSPS) is 22.3. The van der Waals surface area contributed by atoms with Gasteiger partial charge in [-0.3, -0.25) is 4.79 Å². The molecule has 1 aliphatic rings. The number of primary sulfonamides is 1. The third kappa shape index (κ3) is 3.63. The van der Waals surface area contributed by atoms with Crippen LogP contribution in [0.2, 0.25) is 0 Å². The van der Waals surface area contributed by atoms with E-state index >= 15 is 0 Å². The van der Waals surface area contributed by atoms with E-state index in [1.54, 1.807) is 19.9 Å². The molecule has 0 radical (unpaired) electrons. The largest absolute Gasteiger partial charge is 0.349 e. The molecule has 1 saturated carbocycles. The first kappa shape index (κ1) is 16.0. The van der Waals surface area contributed by atoms with E-state index < -0.39 is 10.0 Å². The number of aryl methyl sites for hydroxylation is 1. The molecule has 1 amide bonds. The Balaban J connectivity index is 2.28. The molecule has 1 aliphatic carbocycles. The SMILES string of the molecule is Cc1cc(C(=O)NC2CCC(C)C2)cc(S(N)(=O)=O)c1C. The Bertz CT molecular complexity index is 668. The summed E-state index contributed by atoms with van der Waals surface area (Å²) in [6.07, 6.45) is 3.05. The van der Waals surface area contributed by atoms with Crippen molar-refractivity contribution in [1.82, 2.24) is 5.32 Å². The Morgan fingerprint density at radius 2 is 1.95 bits per heavy atom. The summed E-state index contributed by atoms with van der Waals surface area (Å²) in [7, 11) is -3.83. The maximum Gasteiger partial charge on any atom is 0.251 e. The zero-order chi connectivity index (χ0) is 15.8. The Morgan fingerprint density at radius 3 is 2.48 bits per heavy atom. The minimum absolute atomic E-state index is 0.0208. The van der Waals surface area contributed by atoms with Gasteiger partial charge >= 0.3 is 0 Å². The van der Waals surface area contributed by atoms with Gasteiger partial charge in [0.1, 0.15) is 0 Å². The second kappa shape index (κ2) is 5.77. The van der Waals surface area contributed by atoms with E-state index in [1.165, 1.54) is 6.07 Å². The number of sulfonamides is 1. The Hall–Kier alpha value is -1.40. The average molecular weight is 310 g/mol. The van der Waals surface area contributed by atoms with Crippen molar-refractivity contribution >= 4 is 15.9 Å². The molecule has 0 heterocycles. The van der Waals surface area contributed by atoms with Crippen LogP contribution < -0.4 is 10.5 Å². The Morgan fingerprint density at radius 1 is 1.29 bits per heavy atom. The number of amides is 1. The van der Waals surface area contributed by atoms with E-state index in [9.17, 15) is 13.2 Å². The summed E-state index contributed by atoms with van der Waals surface area (Å²) in [5.74, 6) is 0.386. The first-order valence-corrected chi connectivity index (χ1v) is 8.68. The fraction of sp³-hybridized carbons (Fsp3) is 0.533. The molecule has 0 aromatic heterocycles. The van der Waals surface area contributed by atoms with Crippen LogP contribution in [-0.4, -0.2) is 20.4 Å². The fourth-order valence-corrected chi connectivity index (χ4v) is 3.74. The molecule has 116 valence electrons. The summed E-state index contributed by atoms with van der Waals surface area (Å²) in [5.41, 5.74) is 1.68. The zero-order valence-corrected chi connectivity index (χ0v) is 13.5. The van der Waals surface area contributed by atoms with Gasteiger partial charge in [0.2, 0.25) is 10.0 Å². The van der Waals surface area contributed by atoms with Crippen LogP contribution in [0.25, 0.3) is 0 Å². The molecule has 1 aromatic rings. The standard InChI is InChI=1S/C15H22N2O3S/c1-9-4-5-13(6-9)17-15(18)12-7-10(2)11(3)14(8-12)21(16,19)20/h7-9,13H,4-6H2,1-3H3,(H,17,18)(H2,16,19,20). The van der Waals surface area contributed by atoms with Crippen LogP contribution in [0.15, 0.2) is 17.0 Å². The average Bonchev–Trinajstić information content (AvgIpc) is 2.76. The maximum atomic E-state index is 12.3.